The van der Waals surface area contributed by atoms with Gasteiger partial charge in [0.25, 0.3) is 0 Å². The monoisotopic (exact) mass is 518 g/mol. The van der Waals surface area contributed by atoms with E-state index in [-0.39, 0.29) is 0 Å². The maximum atomic E-state index is 15.4. The molecule has 0 aliphatic heterocycles. The van der Waals surface area contributed by atoms with Crippen LogP contribution in [0.2, 0.25) is 0 Å². The predicted molar refractivity (Wildman–Crippen MR) is 165 cm³/mol. The summed E-state index contributed by atoms with van der Waals surface area (Å²) in [7, 11) is -3.21. The van der Waals surface area contributed by atoms with Crippen molar-refractivity contribution in [2.24, 2.45) is 0 Å². The number of hydrogen-bond donors (Lipinski definition) is 0. The van der Waals surface area contributed by atoms with Gasteiger partial charge in [0, 0.05) is 26.7 Å². The van der Waals surface area contributed by atoms with Crippen molar-refractivity contribution >= 4 is 72.2 Å². The van der Waals surface area contributed by atoms with Crippen LogP contribution in [0.25, 0.3) is 49.1 Å². The van der Waals surface area contributed by atoms with Gasteiger partial charge in [-0.15, -0.1) is 0 Å². The Morgan fingerprint density at radius 1 is 0.513 bits per heavy atom. The molecule has 2 aromatic heterocycles. The number of hydrogen-bond acceptors (Lipinski definition) is 2. The molecule has 0 spiro atoms. The van der Waals surface area contributed by atoms with Crippen molar-refractivity contribution < 1.29 is 4.57 Å². The molecule has 0 unspecified atom stereocenters. The van der Waals surface area contributed by atoms with E-state index in [9.17, 15) is 0 Å². The van der Waals surface area contributed by atoms with Crippen molar-refractivity contribution in [3.8, 4) is 0 Å². The molecule has 0 atom stereocenters. The zero-order valence-corrected chi connectivity index (χ0v) is 21.9. The number of fused-ring (bicyclic) bond motifs is 9. The summed E-state index contributed by atoms with van der Waals surface area (Å²) in [5.41, 5.74) is 3.70. The first-order valence-electron chi connectivity index (χ1n) is 13.1. The lowest BCUT2D eigenvalue weighted by molar-refractivity contribution is 0.592. The maximum absolute atomic E-state index is 15.4. The molecule has 2 heterocycles. The fourth-order valence-corrected chi connectivity index (χ4v) is 8.81. The Morgan fingerprint density at radius 2 is 1.08 bits per heavy atom. The first kappa shape index (κ1) is 22.3. The normalized spacial score (nSPS) is 12.2. The molecule has 0 saturated heterocycles. The third-order valence-corrected chi connectivity index (χ3v) is 10.9. The quantitative estimate of drug-likeness (QED) is 0.137. The second-order valence-electron chi connectivity index (χ2n) is 9.96. The molecular formula is C35H23N2OP. The highest BCUT2D eigenvalue weighted by molar-refractivity contribution is 7.85. The second-order valence-corrected chi connectivity index (χ2v) is 12.7. The van der Waals surface area contributed by atoms with Gasteiger partial charge in [0.1, 0.15) is 11.2 Å². The lowest BCUT2D eigenvalue weighted by atomic mass is 10.0. The predicted octanol–water partition coefficient (Wildman–Crippen LogP) is 7.59. The summed E-state index contributed by atoms with van der Waals surface area (Å²) in [6.07, 6.45) is 0. The fourth-order valence-electron chi connectivity index (χ4n) is 6.01. The van der Waals surface area contributed by atoms with E-state index in [1.165, 1.54) is 21.5 Å². The summed E-state index contributed by atoms with van der Waals surface area (Å²) in [6, 6.07) is 47.2. The van der Waals surface area contributed by atoms with Gasteiger partial charge in [-0.25, -0.2) is 4.98 Å². The largest absolute Gasteiger partial charge is 0.309 e. The third-order valence-electron chi connectivity index (χ3n) is 7.80. The summed E-state index contributed by atoms with van der Waals surface area (Å²) in [4.78, 5) is 5.31. The van der Waals surface area contributed by atoms with Crippen LogP contribution < -0.4 is 15.9 Å². The minimum Gasteiger partial charge on any atom is -0.309 e. The van der Waals surface area contributed by atoms with Crippen LogP contribution in [0.1, 0.15) is 0 Å². The number of rotatable bonds is 3. The van der Waals surface area contributed by atoms with Crippen molar-refractivity contribution in [3.63, 3.8) is 0 Å². The summed E-state index contributed by atoms with van der Waals surface area (Å²) in [6.45, 7) is 0. The van der Waals surface area contributed by atoms with E-state index in [0.717, 1.165) is 43.5 Å². The highest BCUT2D eigenvalue weighted by atomic mass is 31.2. The molecule has 0 saturated carbocycles. The lowest BCUT2D eigenvalue weighted by Gasteiger charge is -2.20. The van der Waals surface area contributed by atoms with Crippen LogP contribution >= 0.6 is 7.14 Å². The van der Waals surface area contributed by atoms with Crippen LogP contribution in [0.4, 0.5) is 0 Å². The van der Waals surface area contributed by atoms with Gasteiger partial charge in [0.15, 0.2) is 7.14 Å². The Balaban J connectivity index is 1.57. The average molecular weight is 519 g/mol. The molecule has 184 valence electrons. The van der Waals surface area contributed by atoms with E-state index >= 15 is 4.57 Å². The number of aromatic nitrogens is 2. The highest BCUT2D eigenvalue weighted by Crippen LogP contribution is 2.45. The summed E-state index contributed by atoms with van der Waals surface area (Å²) in [5, 5.41) is 8.18. The van der Waals surface area contributed by atoms with E-state index in [0.29, 0.717) is 0 Å². The molecule has 6 aromatic carbocycles. The topological polar surface area (TPSA) is 34.4 Å². The van der Waals surface area contributed by atoms with Gasteiger partial charge in [0.05, 0.1) is 11.0 Å². The average Bonchev–Trinajstić information content (AvgIpc) is 3.41. The molecule has 0 aliphatic carbocycles. The van der Waals surface area contributed by atoms with Gasteiger partial charge in [-0.05, 0) is 46.5 Å². The van der Waals surface area contributed by atoms with Gasteiger partial charge in [-0.3, -0.25) is 4.40 Å². The van der Waals surface area contributed by atoms with Crippen molar-refractivity contribution in [2.45, 2.75) is 0 Å². The van der Waals surface area contributed by atoms with Crippen molar-refractivity contribution in [3.05, 3.63) is 140 Å². The molecule has 0 aliphatic rings. The molecule has 0 bridgehead atoms. The van der Waals surface area contributed by atoms with Gasteiger partial charge < -0.3 is 4.57 Å². The van der Waals surface area contributed by atoms with E-state index in [2.05, 4.69) is 71.1 Å². The molecule has 4 heteroatoms. The maximum Gasteiger partial charge on any atom is 0.173 e. The van der Waals surface area contributed by atoms with Crippen molar-refractivity contribution in [2.75, 3.05) is 0 Å². The SMILES string of the molecule is O=P(c1ccccc1)(c1ccccc1)c1cccc2c1nc1c3cc4ccccc4cc3c3ccccc3n21. The van der Waals surface area contributed by atoms with Crippen molar-refractivity contribution in [1.29, 1.82) is 0 Å². The number of para-hydroxylation sites is 2. The number of benzene rings is 6. The van der Waals surface area contributed by atoms with Crippen LogP contribution in [0.15, 0.2) is 140 Å². The van der Waals surface area contributed by atoms with Gasteiger partial charge in [-0.1, -0.05) is 109 Å². The Morgan fingerprint density at radius 3 is 1.77 bits per heavy atom. The molecule has 3 nitrogen and oxygen atoms in total. The molecule has 0 amide bonds. The fraction of sp³-hybridized carbons (Fsp3) is 0. The first-order chi connectivity index (χ1) is 19.2. The van der Waals surface area contributed by atoms with Crippen molar-refractivity contribution in [1.82, 2.24) is 9.38 Å². The van der Waals surface area contributed by atoms with Crippen LogP contribution in [0, 0.1) is 0 Å². The Hall–Kier alpha value is -4.72. The van der Waals surface area contributed by atoms with Crippen LogP contribution in [-0.4, -0.2) is 9.38 Å². The first-order valence-corrected chi connectivity index (χ1v) is 14.8. The number of pyridine rings is 1. The minimum atomic E-state index is -3.21. The van der Waals surface area contributed by atoms with E-state index in [1.807, 2.05) is 72.8 Å². The molecule has 39 heavy (non-hydrogen) atoms. The molecule has 8 aromatic rings. The Labute approximate surface area is 225 Å². The highest BCUT2D eigenvalue weighted by Gasteiger charge is 2.32. The summed E-state index contributed by atoms with van der Waals surface area (Å²) in [5.74, 6) is 0. The van der Waals surface area contributed by atoms with Crippen LogP contribution in [-0.2, 0) is 4.57 Å². The zero-order valence-electron chi connectivity index (χ0n) is 21.0. The van der Waals surface area contributed by atoms with E-state index in [1.54, 1.807) is 0 Å². The lowest BCUT2D eigenvalue weighted by Crippen LogP contribution is -2.25. The molecule has 0 N–H and O–H groups in total. The Bertz CT molecular complexity index is 2210. The zero-order chi connectivity index (χ0) is 26.0. The van der Waals surface area contributed by atoms with Gasteiger partial charge in [0.2, 0.25) is 0 Å². The summed E-state index contributed by atoms with van der Waals surface area (Å²) >= 11 is 0. The van der Waals surface area contributed by atoms with Crippen LogP contribution in [0.3, 0.4) is 0 Å². The third kappa shape index (κ3) is 3.17. The number of nitrogens with zero attached hydrogens (tertiary/aromatic N) is 2. The van der Waals surface area contributed by atoms with Crippen LogP contribution in [0.5, 0.6) is 0 Å². The molecular weight excluding hydrogens is 495 g/mol. The standard InChI is InChI=1S/C35H23N2OP/c38-39(26-14-3-1-4-15-26,27-16-5-2-6-17-27)33-21-11-20-32-34(33)36-35-30-23-25-13-8-7-12-24(25)22-29(30)28-18-9-10-19-31(28)37(32)35/h1-23H. The Kier molecular flexibility index (Phi) is 4.79. The van der Waals surface area contributed by atoms with Gasteiger partial charge >= 0.3 is 0 Å². The molecule has 8 rings (SSSR count). The second kappa shape index (κ2) is 8.39. The van der Waals surface area contributed by atoms with E-state index in [4.69, 9.17) is 4.98 Å². The van der Waals surface area contributed by atoms with E-state index < -0.39 is 7.14 Å². The number of imidazole rings is 1. The molecule has 0 radical (unpaired) electrons. The summed E-state index contributed by atoms with van der Waals surface area (Å²) < 4.78 is 17.6. The smallest absolute Gasteiger partial charge is 0.173 e. The minimum absolute atomic E-state index is 0.763. The van der Waals surface area contributed by atoms with Gasteiger partial charge in [-0.2, -0.15) is 0 Å². The molecule has 0 fully saturated rings.